The van der Waals surface area contributed by atoms with Crippen molar-refractivity contribution in [2.45, 2.75) is 13.0 Å². The van der Waals surface area contributed by atoms with Crippen LogP contribution in [-0.4, -0.2) is 57.1 Å². The van der Waals surface area contributed by atoms with Gasteiger partial charge >= 0.3 is 5.97 Å². The number of fused-ring (bicyclic) bond motifs is 1. The summed E-state index contributed by atoms with van der Waals surface area (Å²) in [6.45, 7) is 3.04. The van der Waals surface area contributed by atoms with Crippen LogP contribution in [0.25, 0.3) is 16.7 Å². The van der Waals surface area contributed by atoms with Crippen LogP contribution in [0.5, 0.6) is 0 Å². The number of benzene rings is 2. The summed E-state index contributed by atoms with van der Waals surface area (Å²) in [4.78, 5) is 30.2. The molecule has 1 amide bonds. The van der Waals surface area contributed by atoms with E-state index in [1.807, 2.05) is 43.3 Å². The summed E-state index contributed by atoms with van der Waals surface area (Å²) in [6.07, 6.45) is 0. The summed E-state index contributed by atoms with van der Waals surface area (Å²) in [6, 6.07) is 14.7. The first-order valence-corrected chi connectivity index (χ1v) is 8.84. The van der Waals surface area contributed by atoms with Crippen molar-refractivity contribution < 1.29 is 14.7 Å². The van der Waals surface area contributed by atoms with Crippen LogP contribution in [0.2, 0.25) is 0 Å². The molecule has 0 radical (unpaired) electrons. The summed E-state index contributed by atoms with van der Waals surface area (Å²) in [7, 11) is 0. The Morgan fingerprint density at radius 2 is 1.96 bits per heavy atom. The molecule has 0 saturated carbocycles. The van der Waals surface area contributed by atoms with Crippen LogP contribution >= 0.6 is 0 Å². The maximum Gasteiger partial charge on any atom is 0.322 e. The molecule has 1 saturated heterocycles. The molecule has 2 N–H and O–H groups in total. The van der Waals surface area contributed by atoms with Crippen molar-refractivity contribution in [2.75, 3.05) is 19.6 Å². The van der Waals surface area contributed by atoms with Crippen molar-refractivity contribution in [3.05, 3.63) is 59.9 Å². The molecular formula is C20H20N4O3. The van der Waals surface area contributed by atoms with Gasteiger partial charge in [-0.2, -0.15) is 0 Å². The van der Waals surface area contributed by atoms with Gasteiger partial charge in [0.1, 0.15) is 11.9 Å². The fourth-order valence-electron chi connectivity index (χ4n) is 3.52. The Hall–Kier alpha value is -3.19. The third-order valence-corrected chi connectivity index (χ3v) is 4.84. The van der Waals surface area contributed by atoms with Gasteiger partial charge in [0.05, 0.1) is 11.0 Å². The van der Waals surface area contributed by atoms with E-state index in [0.717, 1.165) is 22.5 Å². The monoisotopic (exact) mass is 364 g/mol. The highest BCUT2D eigenvalue weighted by Gasteiger charge is 2.28. The molecule has 7 nitrogen and oxygen atoms in total. The summed E-state index contributed by atoms with van der Waals surface area (Å²) in [5, 5.41) is 12.1. The number of carboxylic acid groups (broad SMARTS) is 1. The Balaban J connectivity index is 1.66. The van der Waals surface area contributed by atoms with E-state index in [1.54, 1.807) is 17.0 Å². The van der Waals surface area contributed by atoms with Gasteiger partial charge in [-0.3, -0.25) is 14.2 Å². The standard InChI is InChI=1S/C20H20N4O3/c1-13-22-16-11-14(19(25)23-10-9-21-17(12-23)20(26)27)7-8-18(16)24(13)15-5-3-2-4-6-15/h2-8,11,17,21H,9-10,12H2,1H3,(H,26,27)/t17-/m0/s1. The second kappa shape index (κ2) is 6.85. The predicted octanol–water partition coefficient (Wildman–Crippen LogP) is 1.83. The van der Waals surface area contributed by atoms with Crippen molar-refractivity contribution in [2.24, 2.45) is 0 Å². The molecule has 0 aliphatic carbocycles. The van der Waals surface area contributed by atoms with Gasteiger partial charge < -0.3 is 15.3 Å². The highest BCUT2D eigenvalue weighted by molar-refractivity contribution is 5.98. The number of aliphatic carboxylic acids is 1. The van der Waals surface area contributed by atoms with E-state index in [4.69, 9.17) is 0 Å². The lowest BCUT2D eigenvalue weighted by molar-refractivity contribution is -0.140. The number of carbonyl (C=O) groups is 2. The maximum absolute atomic E-state index is 12.8. The first kappa shape index (κ1) is 17.2. The lowest BCUT2D eigenvalue weighted by Crippen LogP contribution is -2.55. The Kier molecular flexibility index (Phi) is 4.37. The number of para-hydroxylation sites is 1. The Morgan fingerprint density at radius 3 is 2.70 bits per heavy atom. The predicted molar refractivity (Wildman–Crippen MR) is 101 cm³/mol. The molecule has 2 aromatic carbocycles. The Morgan fingerprint density at radius 1 is 1.19 bits per heavy atom. The van der Waals surface area contributed by atoms with E-state index >= 15 is 0 Å². The summed E-state index contributed by atoms with van der Waals surface area (Å²) in [5.41, 5.74) is 3.21. The van der Waals surface area contributed by atoms with Gasteiger partial charge in [-0.15, -0.1) is 0 Å². The molecule has 1 aromatic heterocycles. The third kappa shape index (κ3) is 3.17. The highest BCUT2D eigenvalue weighted by atomic mass is 16.4. The Bertz CT molecular complexity index is 1010. The number of nitrogens with one attached hydrogen (secondary N) is 1. The van der Waals surface area contributed by atoms with Gasteiger partial charge in [0.2, 0.25) is 0 Å². The quantitative estimate of drug-likeness (QED) is 0.740. The second-order valence-corrected chi connectivity index (χ2v) is 6.63. The molecule has 1 atom stereocenters. The van der Waals surface area contributed by atoms with E-state index in [0.29, 0.717) is 18.7 Å². The molecule has 4 rings (SSSR count). The van der Waals surface area contributed by atoms with Gasteiger partial charge in [0.25, 0.3) is 5.91 Å². The third-order valence-electron chi connectivity index (χ3n) is 4.84. The van der Waals surface area contributed by atoms with Gasteiger partial charge in [-0.05, 0) is 37.3 Å². The van der Waals surface area contributed by atoms with Gasteiger partial charge in [-0.25, -0.2) is 4.98 Å². The van der Waals surface area contributed by atoms with Crippen LogP contribution in [0, 0.1) is 6.92 Å². The lowest BCUT2D eigenvalue weighted by Gasteiger charge is -2.31. The molecule has 7 heteroatoms. The van der Waals surface area contributed by atoms with Gasteiger partial charge in [-0.1, -0.05) is 18.2 Å². The number of nitrogens with zero attached hydrogens (tertiary/aromatic N) is 3. The molecule has 138 valence electrons. The van der Waals surface area contributed by atoms with Gasteiger partial charge in [0, 0.05) is 30.9 Å². The van der Waals surface area contributed by atoms with Crippen molar-refractivity contribution in [1.82, 2.24) is 19.8 Å². The minimum absolute atomic E-state index is 0.156. The smallest absolute Gasteiger partial charge is 0.322 e. The van der Waals surface area contributed by atoms with E-state index < -0.39 is 12.0 Å². The fourth-order valence-corrected chi connectivity index (χ4v) is 3.52. The lowest BCUT2D eigenvalue weighted by atomic mass is 10.1. The molecule has 2 heterocycles. The molecule has 1 fully saturated rings. The number of hydrogen-bond donors (Lipinski definition) is 2. The zero-order valence-electron chi connectivity index (χ0n) is 14.9. The molecule has 3 aromatic rings. The molecular weight excluding hydrogens is 344 g/mol. The average molecular weight is 364 g/mol. The Labute approximate surface area is 156 Å². The number of hydrogen-bond acceptors (Lipinski definition) is 4. The van der Waals surface area contributed by atoms with Crippen LogP contribution in [0.15, 0.2) is 48.5 Å². The van der Waals surface area contributed by atoms with E-state index in [2.05, 4.69) is 14.9 Å². The van der Waals surface area contributed by atoms with Crippen molar-refractivity contribution in [3.63, 3.8) is 0 Å². The van der Waals surface area contributed by atoms with Crippen LogP contribution in [0.4, 0.5) is 0 Å². The zero-order chi connectivity index (χ0) is 19.0. The minimum Gasteiger partial charge on any atom is -0.480 e. The van der Waals surface area contributed by atoms with Crippen molar-refractivity contribution in [3.8, 4) is 5.69 Å². The number of amides is 1. The largest absolute Gasteiger partial charge is 0.480 e. The molecule has 0 bridgehead atoms. The van der Waals surface area contributed by atoms with E-state index in [-0.39, 0.29) is 12.5 Å². The van der Waals surface area contributed by atoms with E-state index in [1.165, 1.54) is 0 Å². The maximum atomic E-state index is 12.8. The topological polar surface area (TPSA) is 87.5 Å². The summed E-state index contributed by atoms with van der Waals surface area (Å²) < 4.78 is 2.05. The number of carbonyl (C=O) groups excluding carboxylic acids is 1. The van der Waals surface area contributed by atoms with Crippen molar-refractivity contribution in [1.29, 1.82) is 0 Å². The SMILES string of the molecule is Cc1nc2cc(C(=O)N3CCN[C@H](C(=O)O)C3)ccc2n1-c1ccccc1. The normalized spacial score (nSPS) is 17.2. The fraction of sp³-hybridized carbons (Fsp3) is 0.250. The number of imidazole rings is 1. The highest BCUT2D eigenvalue weighted by Crippen LogP contribution is 2.23. The van der Waals surface area contributed by atoms with Crippen LogP contribution in [-0.2, 0) is 4.79 Å². The first-order valence-electron chi connectivity index (χ1n) is 8.84. The van der Waals surface area contributed by atoms with Crippen LogP contribution in [0.3, 0.4) is 0 Å². The number of aryl methyl sites for hydroxylation is 1. The molecule has 1 aliphatic rings. The first-order chi connectivity index (χ1) is 13.0. The van der Waals surface area contributed by atoms with Crippen LogP contribution in [0.1, 0.15) is 16.2 Å². The van der Waals surface area contributed by atoms with Gasteiger partial charge in [0.15, 0.2) is 0 Å². The summed E-state index contributed by atoms with van der Waals surface area (Å²) >= 11 is 0. The van der Waals surface area contributed by atoms with Crippen LogP contribution < -0.4 is 5.32 Å². The average Bonchev–Trinajstić information content (AvgIpc) is 3.03. The number of aromatic nitrogens is 2. The number of piperazine rings is 1. The molecule has 1 aliphatic heterocycles. The molecule has 0 unspecified atom stereocenters. The molecule has 0 spiro atoms. The van der Waals surface area contributed by atoms with Crippen molar-refractivity contribution >= 4 is 22.9 Å². The number of carboxylic acids is 1. The van der Waals surface area contributed by atoms with E-state index in [9.17, 15) is 14.7 Å². The zero-order valence-corrected chi connectivity index (χ0v) is 14.9. The second-order valence-electron chi connectivity index (χ2n) is 6.63. The summed E-state index contributed by atoms with van der Waals surface area (Å²) in [5.74, 6) is -0.273. The number of rotatable bonds is 3. The minimum atomic E-state index is -0.944. The molecule has 27 heavy (non-hydrogen) atoms.